The average Bonchev–Trinajstić information content (AvgIpc) is 3.01. The highest BCUT2D eigenvalue weighted by Gasteiger charge is 2.45. The summed E-state index contributed by atoms with van der Waals surface area (Å²) >= 11 is 0. The van der Waals surface area contributed by atoms with Crippen LogP contribution in [0.3, 0.4) is 0 Å². The number of fused-ring (bicyclic) bond motifs is 1. The Kier molecular flexibility index (Phi) is 3.40. The van der Waals surface area contributed by atoms with Gasteiger partial charge in [0.2, 0.25) is 11.8 Å². The van der Waals surface area contributed by atoms with Crippen LogP contribution in [0.2, 0.25) is 0 Å². The van der Waals surface area contributed by atoms with E-state index in [1.54, 1.807) is 12.3 Å². The lowest BCUT2D eigenvalue weighted by Crippen LogP contribution is -2.30. The van der Waals surface area contributed by atoms with Gasteiger partial charge in [-0.25, -0.2) is 4.39 Å². The Labute approximate surface area is 118 Å². The lowest BCUT2D eigenvalue weighted by Gasteiger charge is -2.16. The Morgan fingerprint density at radius 2 is 2.29 bits per heavy atom. The van der Waals surface area contributed by atoms with Crippen molar-refractivity contribution in [2.45, 2.75) is 24.6 Å². The molecule has 2 aromatic rings. The third-order valence-corrected chi connectivity index (χ3v) is 3.50. The number of ether oxygens (including phenoxy) is 2. The topological polar surface area (TPSA) is 116 Å². The fourth-order valence-electron chi connectivity index (χ4n) is 2.46. The highest BCUT2D eigenvalue weighted by atomic mass is 19.1. The number of alkyl halides is 1. The molecule has 3 heterocycles. The Bertz CT molecular complexity index is 664. The number of aliphatic hydroxyl groups is 2. The maximum atomic E-state index is 14.2. The van der Waals surface area contributed by atoms with Gasteiger partial charge in [-0.15, -0.1) is 0 Å². The Balaban J connectivity index is 2.07. The van der Waals surface area contributed by atoms with Gasteiger partial charge in [-0.1, -0.05) is 0 Å². The number of anilines is 1. The van der Waals surface area contributed by atoms with Crippen molar-refractivity contribution < 1.29 is 24.1 Å². The van der Waals surface area contributed by atoms with Gasteiger partial charge in [0.1, 0.15) is 12.2 Å². The molecule has 1 aliphatic rings. The minimum absolute atomic E-state index is 0.0213. The summed E-state index contributed by atoms with van der Waals surface area (Å²) in [6, 6.07) is 1.64. The molecule has 2 aromatic heterocycles. The van der Waals surface area contributed by atoms with Crippen molar-refractivity contribution in [1.82, 2.24) is 14.5 Å². The number of hydrogen-bond acceptors (Lipinski definition) is 7. The van der Waals surface area contributed by atoms with E-state index in [2.05, 4.69) is 9.97 Å². The van der Waals surface area contributed by atoms with E-state index in [1.165, 1.54) is 11.7 Å². The van der Waals surface area contributed by atoms with Gasteiger partial charge in [0, 0.05) is 6.20 Å². The number of aromatic nitrogens is 3. The molecule has 1 aliphatic heterocycles. The summed E-state index contributed by atoms with van der Waals surface area (Å²) in [5, 5.41) is 19.3. The Morgan fingerprint density at radius 3 is 2.90 bits per heavy atom. The second-order valence-electron chi connectivity index (χ2n) is 4.73. The molecule has 0 bridgehead atoms. The molecule has 8 nitrogen and oxygen atoms in total. The van der Waals surface area contributed by atoms with Crippen LogP contribution < -0.4 is 10.5 Å². The molecule has 0 saturated carbocycles. The first-order valence-electron chi connectivity index (χ1n) is 6.33. The predicted octanol–water partition coefficient (Wildman–Crippen LogP) is -0.389. The lowest BCUT2D eigenvalue weighted by atomic mass is 10.1. The molecule has 0 unspecified atom stereocenters. The number of methoxy groups -OCH3 is 1. The zero-order chi connectivity index (χ0) is 15.1. The van der Waals surface area contributed by atoms with Crippen molar-refractivity contribution in [3.8, 4) is 5.88 Å². The number of halogens is 1. The molecule has 4 atom stereocenters. The first-order chi connectivity index (χ1) is 10.1. The predicted molar refractivity (Wildman–Crippen MR) is 70.4 cm³/mol. The molecule has 0 amide bonds. The SMILES string of the molecule is COc1nc(N)nc2c1ccn2[C@@H]1O[C@H](CO)[C@@H](O)[C@H]1F. The van der Waals surface area contributed by atoms with Gasteiger partial charge >= 0.3 is 0 Å². The quantitative estimate of drug-likeness (QED) is 0.706. The summed E-state index contributed by atoms with van der Waals surface area (Å²) in [5.74, 6) is 0.246. The number of nitrogens with zero attached hydrogens (tertiary/aromatic N) is 3. The fourth-order valence-corrected chi connectivity index (χ4v) is 2.46. The molecule has 21 heavy (non-hydrogen) atoms. The second kappa shape index (κ2) is 5.10. The lowest BCUT2D eigenvalue weighted by molar-refractivity contribution is -0.0457. The van der Waals surface area contributed by atoms with Crippen molar-refractivity contribution in [3.63, 3.8) is 0 Å². The molecular formula is C12H15FN4O4. The van der Waals surface area contributed by atoms with E-state index < -0.39 is 31.2 Å². The standard InChI is InChI=1S/C12H15FN4O4/c1-20-10-5-2-3-17(9(5)15-12(14)16-10)11-7(13)8(19)6(4-18)21-11/h2-3,6-8,11,18-19H,4H2,1H3,(H2,14,15,16)/t6-,7-,8-,11-/m1/s1. The monoisotopic (exact) mass is 298 g/mol. The number of hydrogen-bond donors (Lipinski definition) is 3. The smallest absolute Gasteiger partial charge is 0.227 e. The number of rotatable bonds is 3. The summed E-state index contributed by atoms with van der Waals surface area (Å²) in [5.41, 5.74) is 5.93. The fraction of sp³-hybridized carbons (Fsp3) is 0.500. The highest BCUT2D eigenvalue weighted by Crippen LogP contribution is 2.35. The van der Waals surface area contributed by atoms with E-state index in [0.29, 0.717) is 11.0 Å². The summed E-state index contributed by atoms with van der Waals surface area (Å²) in [4.78, 5) is 7.99. The first-order valence-corrected chi connectivity index (χ1v) is 6.33. The van der Waals surface area contributed by atoms with Crippen LogP contribution in [-0.4, -0.2) is 56.8 Å². The van der Waals surface area contributed by atoms with Crippen molar-refractivity contribution in [2.24, 2.45) is 0 Å². The Hall–Kier alpha value is -1.97. The zero-order valence-electron chi connectivity index (χ0n) is 11.2. The van der Waals surface area contributed by atoms with E-state index in [0.717, 1.165) is 0 Å². The molecule has 1 saturated heterocycles. The van der Waals surface area contributed by atoms with Gasteiger partial charge in [-0.05, 0) is 6.07 Å². The van der Waals surface area contributed by atoms with E-state index in [-0.39, 0.29) is 11.8 Å². The van der Waals surface area contributed by atoms with Gasteiger partial charge < -0.3 is 30.0 Å². The molecule has 0 aliphatic carbocycles. The van der Waals surface area contributed by atoms with Crippen LogP contribution >= 0.6 is 0 Å². The van der Waals surface area contributed by atoms with Gasteiger partial charge in [-0.2, -0.15) is 9.97 Å². The second-order valence-corrected chi connectivity index (χ2v) is 4.73. The van der Waals surface area contributed by atoms with E-state index in [4.69, 9.17) is 20.3 Å². The maximum absolute atomic E-state index is 14.2. The van der Waals surface area contributed by atoms with Gasteiger partial charge in [0.25, 0.3) is 0 Å². The number of nitrogen functional groups attached to an aromatic ring is 1. The highest BCUT2D eigenvalue weighted by molar-refractivity contribution is 5.82. The van der Waals surface area contributed by atoms with Crippen molar-refractivity contribution in [1.29, 1.82) is 0 Å². The van der Waals surface area contributed by atoms with Crippen molar-refractivity contribution in [2.75, 3.05) is 19.5 Å². The summed E-state index contributed by atoms with van der Waals surface area (Å²) in [7, 11) is 1.44. The number of nitrogens with two attached hydrogens (primary N) is 1. The third-order valence-electron chi connectivity index (χ3n) is 3.50. The number of aliphatic hydroxyl groups excluding tert-OH is 2. The minimum Gasteiger partial charge on any atom is -0.480 e. The van der Waals surface area contributed by atoms with Crippen LogP contribution in [-0.2, 0) is 4.74 Å². The molecule has 4 N–H and O–H groups in total. The van der Waals surface area contributed by atoms with Crippen LogP contribution in [0.15, 0.2) is 12.3 Å². The van der Waals surface area contributed by atoms with Gasteiger partial charge in [0.15, 0.2) is 18.0 Å². The van der Waals surface area contributed by atoms with E-state index >= 15 is 0 Å². The molecule has 0 aromatic carbocycles. The minimum atomic E-state index is -1.69. The molecular weight excluding hydrogens is 283 g/mol. The van der Waals surface area contributed by atoms with Crippen LogP contribution in [0, 0.1) is 0 Å². The largest absolute Gasteiger partial charge is 0.480 e. The van der Waals surface area contributed by atoms with Crippen LogP contribution in [0.5, 0.6) is 5.88 Å². The third kappa shape index (κ3) is 2.09. The normalized spacial score (nSPS) is 29.1. The summed E-state index contributed by atoms with van der Waals surface area (Å²) in [6.45, 7) is -0.474. The van der Waals surface area contributed by atoms with E-state index in [9.17, 15) is 9.50 Å². The molecule has 3 rings (SSSR count). The maximum Gasteiger partial charge on any atom is 0.227 e. The molecule has 1 fully saturated rings. The van der Waals surface area contributed by atoms with Gasteiger partial charge in [0.05, 0.1) is 19.1 Å². The molecule has 114 valence electrons. The first kappa shape index (κ1) is 14.0. The average molecular weight is 298 g/mol. The zero-order valence-corrected chi connectivity index (χ0v) is 11.2. The Morgan fingerprint density at radius 1 is 1.52 bits per heavy atom. The van der Waals surface area contributed by atoms with Crippen LogP contribution in [0.25, 0.3) is 11.0 Å². The summed E-state index contributed by atoms with van der Waals surface area (Å²) < 4.78 is 26.0. The summed E-state index contributed by atoms with van der Waals surface area (Å²) in [6.07, 6.45) is -3.64. The van der Waals surface area contributed by atoms with Crippen molar-refractivity contribution in [3.05, 3.63) is 12.3 Å². The van der Waals surface area contributed by atoms with E-state index in [1.807, 2.05) is 0 Å². The van der Waals surface area contributed by atoms with Crippen LogP contribution in [0.1, 0.15) is 6.23 Å². The van der Waals surface area contributed by atoms with Crippen molar-refractivity contribution >= 4 is 17.0 Å². The molecule has 0 spiro atoms. The molecule has 0 radical (unpaired) electrons. The molecule has 9 heteroatoms. The van der Waals surface area contributed by atoms with Gasteiger partial charge in [-0.3, -0.25) is 0 Å². The van der Waals surface area contributed by atoms with Crippen LogP contribution in [0.4, 0.5) is 10.3 Å².